The topological polar surface area (TPSA) is 95.9 Å². The number of amides is 1. The molecule has 0 spiro atoms. The van der Waals surface area contributed by atoms with E-state index in [4.69, 9.17) is 4.74 Å². The average molecular weight is 784 g/mol. The molecule has 6 heteroatoms. The number of carbonyl (C=O) groups is 2. The number of nitrogens with one attached hydrogen (secondary N) is 1. The van der Waals surface area contributed by atoms with Crippen LogP contribution in [-0.2, 0) is 14.3 Å². The molecule has 0 fully saturated rings. The van der Waals surface area contributed by atoms with Crippen LogP contribution < -0.4 is 5.32 Å². The Labute approximate surface area is 346 Å². The highest BCUT2D eigenvalue weighted by molar-refractivity contribution is 5.76. The standard InChI is InChI=1S/C50H89NO5/c1-3-5-7-9-11-13-15-16-17-18-21-24-28-32-36-40-44-50(55)56-45-41-37-33-29-25-22-19-20-23-27-31-35-39-43-49(54)51-47(46-52)48(53)42-38-34-30-26-14-12-10-8-6-4-2/h13,15,17-18,20,23,31,35,38,42,47-48,52-53H,3-12,14,16,19,21-22,24-30,32-34,36-37,39-41,43-46H2,1-2H3,(H,51,54)/b15-13-,18-17-,23-20-,35-31-,42-38+. The third-order valence-corrected chi connectivity index (χ3v) is 10.3. The maximum atomic E-state index is 12.3. The molecule has 56 heavy (non-hydrogen) atoms. The second-order valence-electron chi connectivity index (χ2n) is 15.7. The Morgan fingerprint density at radius 1 is 0.500 bits per heavy atom. The number of aliphatic hydroxyl groups is 2. The van der Waals surface area contributed by atoms with E-state index in [1.54, 1.807) is 6.08 Å². The van der Waals surface area contributed by atoms with Gasteiger partial charge in [-0.3, -0.25) is 9.59 Å². The molecule has 0 bridgehead atoms. The number of carbonyl (C=O) groups excluding carboxylic acids is 2. The molecule has 0 aliphatic rings. The van der Waals surface area contributed by atoms with E-state index >= 15 is 0 Å². The monoisotopic (exact) mass is 784 g/mol. The van der Waals surface area contributed by atoms with Crippen LogP contribution in [0.4, 0.5) is 0 Å². The van der Waals surface area contributed by atoms with E-state index in [0.29, 0.717) is 25.9 Å². The summed E-state index contributed by atoms with van der Waals surface area (Å²) in [6.07, 6.45) is 56.5. The van der Waals surface area contributed by atoms with Crippen LogP contribution >= 0.6 is 0 Å². The van der Waals surface area contributed by atoms with E-state index in [9.17, 15) is 19.8 Å². The number of aliphatic hydroxyl groups excluding tert-OH is 2. The van der Waals surface area contributed by atoms with Crippen molar-refractivity contribution in [2.45, 2.75) is 231 Å². The normalized spacial score (nSPS) is 13.3. The van der Waals surface area contributed by atoms with Crippen molar-refractivity contribution in [2.24, 2.45) is 0 Å². The van der Waals surface area contributed by atoms with Crippen molar-refractivity contribution in [1.29, 1.82) is 0 Å². The highest BCUT2D eigenvalue weighted by Crippen LogP contribution is 2.12. The van der Waals surface area contributed by atoms with Crippen molar-refractivity contribution in [2.75, 3.05) is 13.2 Å². The summed E-state index contributed by atoms with van der Waals surface area (Å²) in [6.45, 7) is 4.77. The molecule has 0 aromatic rings. The summed E-state index contributed by atoms with van der Waals surface area (Å²) >= 11 is 0. The van der Waals surface area contributed by atoms with Crippen LogP contribution in [0.25, 0.3) is 0 Å². The first-order chi connectivity index (χ1) is 27.5. The molecule has 324 valence electrons. The Morgan fingerprint density at radius 3 is 1.41 bits per heavy atom. The second kappa shape index (κ2) is 45.3. The minimum atomic E-state index is -0.879. The predicted molar refractivity (Wildman–Crippen MR) is 241 cm³/mol. The summed E-state index contributed by atoms with van der Waals surface area (Å²) in [5.74, 6) is -0.188. The van der Waals surface area contributed by atoms with Gasteiger partial charge < -0.3 is 20.3 Å². The lowest BCUT2D eigenvalue weighted by Crippen LogP contribution is -2.45. The van der Waals surface area contributed by atoms with Crippen LogP contribution in [0.5, 0.6) is 0 Å². The summed E-state index contributed by atoms with van der Waals surface area (Å²) in [7, 11) is 0. The average Bonchev–Trinajstić information content (AvgIpc) is 3.20. The Hall–Kier alpha value is -2.44. The number of allylic oxidation sites excluding steroid dienone is 9. The predicted octanol–water partition coefficient (Wildman–Crippen LogP) is 13.7. The van der Waals surface area contributed by atoms with Gasteiger partial charge in [-0.25, -0.2) is 0 Å². The molecule has 3 N–H and O–H groups in total. The van der Waals surface area contributed by atoms with E-state index in [2.05, 4.69) is 61.7 Å². The number of ether oxygens (including phenoxy) is 1. The zero-order chi connectivity index (χ0) is 40.8. The van der Waals surface area contributed by atoms with E-state index < -0.39 is 12.1 Å². The molecular formula is C50H89NO5. The molecule has 0 saturated heterocycles. The number of esters is 1. The van der Waals surface area contributed by atoms with Crippen LogP contribution in [0, 0.1) is 0 Å². The Bertz CT molecular complexity index is 999. The van der Waals surface area contributed by atoms with Crippen LogP contribution in [0.3, 0.4) is 0 Å². The highest BCUT2D eigenvalue weighted by atomic mass is 16.5. The first-order valence-corrected chi connectivity index (χ1v) is 23.6. The molecule has 0 rings (SSSR count). The Balaban J connectivity index is 3.59. The van der Waals surface area contributed by atoms with Crippen molar-refractivity contribution < 1.29 is 24.5 Å². The van der Waals surface area contributed by atoms with Gasteiger partial charge in [-0.15, -0.1) is 0 Å². The molecule has 0 aliphatic carbocycles. The van der Waals surface area contributed by atoms with Gasteiger partial charge >= 0.3 is 5.97 Å². The van der Waals surface area contributed by atoms with Crippen LogP contribution in [-0.4, -0.2) is 47.4 Å². The molecule has 0 saturated carbocycles. The zero-order valence-electron chi connectivity index (χ0n) is 36.6. The van der Waals surface area contributed by atoms with Crippen molar-refractivity contribution in [3.8, 4) is 0 Å². The lowest BCUT2D eigenvalue weighted by Gasteiger charge is -2.19. The number of unbranched alkanes of at least 4 members (excludes halogenated alkanes) is 23. The molecule has 0 aromatic heterocycles. The van der Waals surface area contributed by atoms with Gasteiger partial charge in [0.15, 0.2) is 0 Å². The molecule has 2 unspecified atom stereocenters. The van der Waals surface area contributed by atoms with E-state index in [-0.39, 0.29) is 18.5 Å². The van der Waals surface area contributed by atoms with Gasteiger partial charge in [0.1, 0.15) is 0 Å². The van der Waals surface area contributed by atoms with Gasteiger partial charge in [0, 0.05) is 12.8 Å². The summed E-state index contributed by atoms with van der Waals surface area (Å²) in [4.78, 5) is 24.3. The third-order valence-electron chi connectivity index (χ3n) is 10.3. The van der Waals surface area contributed by atoms with Gasteiger partial charge in [-0.05, 0) is 83.5 Å². The zero-order valence-corrected chi connectivity index (χ0v) is 36.6. The SMILES string of the molecule is CCCCCC/C=C\C/C=C\CCCCCCCC(=O)OCCCCCCCC/C=C\C/C=C\CCC(=O)NC(CO)C(O)/C=C/CCCCCCCCCC. The fourth-order valence-corrected chi connectivity index (χ4v) is 6.59. The lowest BCUT2D eigenvalue weighted by molar-refractivity contribution is -0.143. The minimum Gasteiger partial charge on any atom is -0.466 e. The molecule has 6 nitrogen and oxygen atoms in total. The van der Waals surface area contributed by atoms with E-state index in [0.717, 1.165) is 64.2 Å². The first kappa shape index (κ1) is 53.6. The van der Waals surface area contributed by atoms with Gasteiger partial charge in [-0.2, -0.15) is 0 Å². The second-order valence-corrected chi connectivity index (χ2v) is 15.7. The third kappa shape index (κ3) is 41.2. The summed E-state index contributed by atoms with van der Waals surface area (Å²) in [6, 6.07) is -0.672. The molecular weight excluding hydrogens is 695 g/mol. The fraction of sp³-hybridized carbons (Fsp3) is 0.760. The van der Waals surface area contributed by atoms with Gasteiger partial charge in [0.25, 0.3) is 0 Å². The lowest BCUT2D eigenvalue weighted by atomic mass is 10.1. The van der Waals surface area contributed by atoms with Gasteiger partial charge in [-0.1, -0.05) is 184 Å². The summed E-state index contributed by atoms with van der Waals surface area (Å²) < 4.78 is 5.44. The van der Waals surface area contributed by atoms with E-state index in [1.165, 1.54) is 122 Å². The van der Waals surface area contributed by atoms with Crippen molar-refractivity contribution in [1.82, 2.24) is 5.32 Å². The first-order valence-electron chi connectivity index (χ1n) is 23.6. The van der Waals surface area contributed by atoms with Crippen molar-refractivity contribution >= 4 is 11.9 Å². The largest absolute Gasteiger partial charge is 0.466 e. The van der Waals surface area contributed by atoms with Crippen LogP contribution in [0.1, 0.15) is 219 Å². The maximum absolute atomic E-state index is 12.3. The molecule has 2 atom stereocenters. The fourth-order valence-electron chi connectivity index (χ4n) is 6.59. The van der Waals surface area contributed by atoms with Crippen LogP contribution in [0.15, 0.2) is 60.8 Å². The smallest absolute Gasteiger partial charge is 0.305 e. The van der Waals surface area contributed by atoms with E-state index in [1.807, 2.05) is 12.2 Å². The Morgan fingerprint density at radius 2 is 0.911 bits per heavy atom. The number of hydrogen-bond donors (Lipinski definition) is 3. The van der Waals surface area contributed by atoms with Crippen LogP contribution in [0.2, 0.25) is 0 Å². The number of hydrogen-bond acceptors (Lipinski definition) is 5. The minimum absolute atomic E-state index is 0.0338. The van der Waals surface area contributed by atoms with Crippen molar-refractivity contribution in [3.63, 3.8) is 0 Å². The molecule has 0 radical (unpaired) electrons. The number of rotatable bonds is 42. The molecule has 0 heterocycles. The molecule has 0 aromatic carbocycles. The maximum Gasteiger partial charge on any atom is 0.305 e. The van der Waals surface area contributed by atoms with Crippen molar-refractivity contribution in [3.05, 3.63) is 60.8 Å². The molecule has 0 aliphatic heterocycles. The highest BCUT2D eigenvalue weighted by Gasteiger charge is 2.17. The van der Waals surface area contributed by atoms with Gasteiger partial charge in [0.2, 0.25) is 5.91 Å². The van der Waals surface area contributed by atoms with Gasteiger partial charge in [0.05, 0.1) is 25.4 Å². The quantitative estimate of drug-likeness (QED) is 0.0325. The summed E-state index contributed by atoms with van der Waals surface area (Å²) in [5, 5.41) is 22.8. The molecule has 1 amide bonds. The Kier molecular flexibility index (Phi) is 43.3. The summed E-state index contributed by atoms with van der Waals surface area (Å²) in [5.41, 5.74) is 0.